The van der Waals surface area contributed by atoms with Crippen LogP contribution in [0.25, 0.3) is 0 Å². The van der Waals surface area contributed by atoms with Crippen LogP contribution in [0.3, 0.4) is 0 Å². The molecule has 11 heteroatoms. The molecule has 1 unspecified atom stereocenters. The third kappa shape index (κ3) is 4.71. The molecule has 0 radical (unpaired) electrons. The Kier molecular flexibility index (Phi) is 6.45. The molecule has 2 fully saturated rings. The molecule has 0 aromatic carbocycles. The molecule has 1 aromatic heterocycles. The van der Waals surface area contributed by atoms with Crippen LogP contribution in [-0.4, -0.2) is 56.0 Å². The number of alkyl halides is 4. The van der Waals surface area contributed by atoms with Crippen LogP contribution in [0.5, 0.6) is 5.88 Å². The summed E-state index contributed by atoms with van der Waals surface area (Å²) < 4.78 is 73.3. The van der Waals surface area contributed by atoms with E-state index in [9.17, 15) is 26.7 Å². The van der Waals surface area contributed by atoms with Gasteiger partial charge >= 0.3 is 0 Å². The zero-order chi connectivity index (χ0) is 21.2. The van der Waals surface area contributed by atoms with Crippen molar-refractivity contribution in [3.63, 3.8) is 0 Å². The van der Waals surface area contributed by atoms with E-state index in [0.29, 0.717) is 6.42 Å². The second kappa shape index (κ2) is 8.68. The lowest BCUT2D eigenvalue weighted by Gasteiger charge is -2.38. The highest BCUT2D eigenvalue weighted by Crippen LogP contribution is 2.39. The van der Waals surface area contributed by atoms with Crippen molar-refractivity contribution in [1.29, 1.82) is 0 Å². The summed E-state index contributed by atoms with van der Waals surface area (Å²) in [6.45, 7) is -0.323. The number of hydrogen-bond donors (Lipinski definition) is 2. The Morgan fingerprint density at radius 1 is 1.48 bits per heavy atom. The lowest BCUT2D eigenvalue weighted by molar-refractivity contribution is -0.125. The topological polar surface area (TPSA) is 66.5 Å². The van der Waals surface area contributed by atoms with E-state index < -0.39 is 37.0 Å². The first-order valence-electron chi connectivity index (χ1n) is 9.38. The summed E-state index contributed by atoms with van der Waals surface area (Å²) in [6.07, 6.45) is -2.46. The molecule has 6 nitrogen and oxygen atoms in total. The molecule has 2 N–H and O–H groups in total. The molecule has 29 heavy (non-hydrogen) atoms. The minimum atomic E-state index is -3.52. The number of carbonyl (C=O) groups is 1. The van der Waals surface area contributed by atoms with Crippen molar-refractivity contribution in [2.75, 3.05) is 31.6 Å². The lowest BCUT2D eigenvalue weighted by Crippen LogP contribution is -2.50. The van der Waals surface area contributed by atoms with E-state index in [2.05, 4.69) is 15.6 Å². The second-order valence-corrected chi connectivity index (χ2v) is 7.23. The van der Waals surface area contributed by atoms with Gasteiger partial charge in [-0.3, -0.25) is 4.79 Å². The number of ether oxygens (including phenoxy) is 1. The van der Waals surface area contributed by atoms with Crippen molar-refractivity contribution >= 4 is 11.7 Å². The molecule has 2 saturated heterocycles. The van der Waals surface area contributed by atoms with Gasteiger partial charge in [-0.1, -0.05) is 0 Å². The van der Waals surface area contributed by atoms with Crippen LogP contribution < -0.4 is 20.3 Å². The molecule has 0 saturated carbocycles. The highest BCUT2D eigenvalue weighted by Gasteiger charge is 2.49. The summed E-state index contributed by atoms with van der Waals surface area (Å²) in [6, 6.07) is 0.771. The second-order valence-electron chi connectivity index (χ2n) is 7.23. The van der Waals surface area contributed by atoms with Crippen molar-refractivity contribution < 1.29 is 31.5 Å². The van der Waals surface area contributed by atoms with Gasteiger partial charge in [-0.05, 0) is 25.5 Å². The maximum atomic E-state index is 14.6. The summed E-state index contributed by atoms with van der Waals surface area (Å²) in [7, 11) is 1.29. The van der Waals surface area contributed by atoms with Gasteiger partial charge in [0.2, 0.25) is 18.2 Å². The number of amides is 1. The van der Waals surface area contributed by atoms with Crippen LogP contribution in [0.1, 0.15) is 24.8 Å². The average molecular weight is 422 g/mol. The largest absolute Gasteiger partial charge is 0.481 e. The number of nitrogens with one attached hydrogen (secondary N) is 2. The van der Waals surface area contributed by atoms with Gasteiger partial charge in [0.25, 0.3) is 5.92 Å². The van der Waals surface area contributed by atoms with Crippen molar-refractivity contribution in [1.82, 2.24) is 15.6 Å². The number of aromatic nitrogens is 1. The van der Waals surface area contributed by atoms with Crippen LogP contribution in [-0.2, 0) is 11.3 Å². The third-order valence-electron chi connectivity index (χ3n) is 5.30. The van der Waals surface area contributed by atoms with Crippen LogP contribution in [0.2, 0.25) is 0 Å². The first-order chi connectivity index (χ1) is 13.7. The van der Waals surface area contributed by atoms with Gasteiger partial charge in [-0.25, -0.2) is 22.0 Å². The van der Waals surface area contributed by atoms with Crippen molar-refractivity contribution in [3.05, 3.63) is 17.4 Å². The van der Waals surface area contributed by atoms with Crippen LogP contribution in [0, 0.1) is 11.7 Å². The Bertz CT molecular complexity index is 743. The molecule has 0 spiro atoms. The van der Waals surface area contributed by atoms with E-state index in [-0.39, 0.29) is 42.3 Å². The van der Waals surface area contributed by atoms with E-state index >= 15 is 0 Å². The van der Waals surface area contributed by atoms with Gasteiger partial charge < -0.3 is 20.3 Å². The number of carbonyl (C=O) groups excluding carboxylic acids is 1. The molecular formula is C18H23F5N4O2. The Morgan fingerprint density at radius 3 is 2.86 bits per heavy atom. The van der Waals surface area contributed by atoms with Gasteiger partial charge in [0.05, 0.1) is 13.2 Å². The normalized spacial score (nSPS) is 24.0. The lowest BCUT2D eigenvalue weighted by atomic mass is 9.94. The van der Waals surface area contributed by atoms with Crippen molar-refractivity contribution in [2.45, 2.75) is 44.2 Å². The van der Waals surface area contributed by atoms with Gasteiger partial charge in [0.1, 0.15) is 5.92 Å². The fourth-order valence-electron chi connectivity index (χ4n) is 3.63. The summed E-state index contributed by atoms with van der Waals surface area (Å²) in [5, 5.41) is 5.72. The SMILES string of the molecule is COc1nc(N2CCC(F)(F)C(C(F)F)C2)c(F)cc1CNC(=O)[C@@H]1CCCN1. The van der Waals surface area contributed by atoms with Gasteiger partial charge in [0, 0.05) is 31.6 Å². The average Bonchev–Trinajstić information content (AvgIpc) is 3.21. The number of rotatable bonds is 6. The zero-order valence-corrected chi connectivity index (χ0v) is 15.9. The number of methoxy groups -OCH3 is 1. The van der Waals surface area contributed by atoms with E-state index in [1.54, 1.807) is 0 Å². The van der Waals surface area contributed by atoms with Gasteiger partial charge in [-0.15, -0.1) is 0 Å². The highest BCUT2D eigenvalue weighted by atomic mass is 19.3. The van der Waals surface area contributed by atoms with E-state index in [4.69, 9.17) is 4.74 Å². The molecule has 0 aliphatic carbocycles. The molecule has 2 aliphatic rings. The molecule has 1 amide bonds. The predicted molar refractivity (Wildman–Crippen MR) is 94.9 cm³/mol. The summed E-state index contributed by atoms with van der Waals surface area (Å²) in [4.78, 5) is 17.2. The molecule has 3 rings (SSSR count). The summed E-state index contributed by atoms with van der Waals surface area (Å²) in [5.41, 5.74) is 0.257. The van der Waals surface area contributed by atoms with Gasteiger partial charge in [0.15, 0.2) is 11.6 Å². The van der Waals surface area contributed by atoms with Crippen LogP contribution in [0.4, 0.5) is 27.8 Å². The Morgan fingerprint density at radius 2 is 2.24 bits per heavy atom. The molecule has 3 heterocycles. The fraction of sp³-hybridized carbons (Fsp3) is 0.667. The van der Waals surface area contributed by atoms with Crippen LogP contribution >= 0.6 is 0 Å². The zero-order valence-electron chi connectivity index (χ0n) is 15.9. The first-order valence-corrected chi connectivity index (χ1v) is 9.38. The maximum Gasteiger partial charge on any atom is 0.259 e. The van der Waals surface area contributed by atoms with Crippen molar-refractivity contribution in [3.8, 4) is 5.88 Å². The molecule has 2 atom stereocenters. The standard InChI is InChI=1S/C18H23F5N4O2/c1-29-17-10(8-25-16(28)13-3-2-5-24-13)7-12(19)15(26-17)27-6-4-18(22,23)11(9-27)14(20)21/h7,11,13-14,24H,2-6,8-9H2,1H3,(H,25,28)/t11?,13-/m0/s1. The smallest absolute Gasteiger partial charge is 0.259 e. The number of pyridine rings is 1. The van der Waals surface area contributed by atoms with Gasteiger partial charge in [-0.2, -0.15) is 4.98 Å². The summed E-state index contributed by atoms with van der Waals surface area (Å²) in [5.74, 6) is -7.15. The molecule has 2 aliphatic heterocycles. The number of halogens is 5. The number of anilines is 1. The molecule has 1 aromatic rings. The van der Waals surface area contributed by atoms with E-state index in [1.165, 1.54) is 7.11 Å². The quantitative estimate of drug-likeness (QED) is 0.689. The molecule has 162 valence electrons. The van der Waals surface area contributed by atoms with E-state index in [1.807, 2.05) is 0 Å². The van der Waals surface area contributed by atoms with Crippen LogP contribution in [0.15, 0.2) is 6.07 Å². The van der Waals surface area contributed by atoms with E-state index in [0.717, 1.165) is 23.9 Å². The molecule has 0 bridgehead atoms. The number of hydrogen-bond acceptors (Lipinski definition) is 5. The minimum Gasteiger partial charge on any atom is -0.481 e. The molecular weight excluding hydrogens is 399 g/mol. The summed E-state index contributed by atoms with van der Waals surface area (Å²) >= 11 is 0. The van der Waals surface area contributed by atoms with Crippen molar-refractivity contribution in [2.24, 2.45) is 5.92 Å². The number of piperidine rings is 1. The Balaban J connectivity index is 1.75. The monoisotopic (exact) mass is 422 g/mol. The minimum absolute atomic E-state index is 0.00740. The Labute approximate surface area is 164 Å². The maximum absolute atomic E-state index is 14.6. The number of nitrogens with zero attached hydrogens (tertiary/aromatic N) is 2. The third-order valence-corrected chi connectivity index (χ3v) is 5.30. The predicted octanol–water partition coefficient (Wildman–Crippen LogP) is 2.32. The first kappa shape index (κ1) is 21.5. The fourth-order valence-corrected chi connectivity index (χ4v) is 3.63. The highest BCUT2D eigenvalue weighted by molar-refractivity contribution is 5.82. The Hall–Kier alpha value is -2.17.